The van der Waals surface area contributed by atoms with Gasteiger partial charge in [-0.05, 0) is 22.4 Å². The maximum Gasteiger partial charge on any atom is 0.0461 e. The molecule has 2 aromatic rings. The number of rotatable bonds is 1. The lowest BCUT2D eigenvalue weighted by atomic mass is 10.0. The van der Waals surface area contributed by atoms with Crippen LogP contribution in [0.3, 0.4) is 0 Å². The second-order valence-electron chi connectivity index (χ2n) is 3.90. The zero-order valence-electron chi connectivity index (χ0n) is 8.90. The molecule has 16 heavy (non-hydrogen) atoms. The fraction of sp³-hybridized carbons (Fsp3) is 0.333. The Hall–Kier alpha value is -0.610. The number of hydrogen-bond acceptors (Lipinski definition) is 3. The summed E-state index contributed by atoms with van der Waals surface area (Å²) >= 11 is 1.84. The summed E-state index contributed by atoms with van der Waals surface area (Å²) in [6, 6.07) is 9.12. The zero-order chi connectivity index (χ0) is 10.1. The predicted molar refractivity (Wildman–Crippen MR) is 72.7 cm³/mol. The smallest absolute Gasteiger partial charge is 0.0461 e. The van der Waals surface area contributed by atoms with Crippen LogP contribution in [0.15, 0.2) is 29.6 Å². The molecule has 1 aromatic heterocycles. The molecule has 2 N–H and O–H groups in total. The highest BCUT2D eigenvalue weighted by Gasteiger charge is 2.17. The monoisotopic (exact) mass is 254 g/mol. The van der Waals surface area contributed by atoms with E-state index >= 15 is 0 Å². The minimum Gasteiger partial charge on any atom is -0.314 e. The van der Waals surface area contributed by atoms with Gasteiger partial charge in [0, 0.05) is 30.4 Å². The van der Waals surface area contributed by atoms with E-state index in [1.54, 1.807) is 0 Å². The first kappa shape index (κ1) is 11.9. The molecule has 2 nitrogen and oxygen atoms in total. The Labute approximate surface area is 105 Å². The van der Waals surface area contributed by atoms with E-state index in [4.69, 9.17) is 0 Å². The van der Waals surface area contributed by atoms with Gasteiger partial charge in [0.05, 0.1) is 0 Å². The van der Waals surface area contributed by atoms with Gasteiger partial charge in [-0.15, -0.1) is 23.7 Å². The molecule has 1 aromatic carbocycles. The van der Waals surface area contributed by atoms with E-state index in [-0.39, 0.29) is 12.4 Å². The van der Waals surface area contributed by atoms with Crippen molar-refractivity contribution in [2.24, 2.45) is 0 Å². The van der Waals surface area contributed by atoms with E-state index in [2.05, 4.69) is 40.3 Å². The van der Waals surface area contributed by atoms with E-state index in [9.17, 15) is 0 Å². The highest BCUT2D eigenvalue weighted by molar-refractivity contribution is 7.17. The molecule has 4 heteroatoms. The van der Waals surface area contributed by atoms with Crippen molar-refractivity contribution in [2.75, 3.05) is 19.6 Å². The topological polar surface area (TPSA) is 24.1 Å². The summed E-state index contributed by atoms with van der Waals surface area (Å²) in [7, 11) is 0. The number of benzene rings is 1. The summed E-state index contributed by atoms with van der Waals surface area (Å²) in [5, 5.41) is 10.7. The van der Waals surface area contributed by atoms with Gasteiger partial charge in [0.1, 0.15) is 0 Å². The second-order valence-corrected chi connectivity index (χ2v) is 4.81. The Balaban J connectivity index is 0.000000963. The molecule has 86 valence electrons. The zero-order valence-corrected chi connectivity index (χ0v) is 10.5. The quantitative estimate of drug-likeness (QED) is 0.817. The predicted octanol–water partition coefficient (Wildman–Crippen LogP) is 2.56. The fourth-order valence-corrected chi connectivity index (χ4v) is 3.16. The van der Waals surface area contributed by atoms with Crippen LogP contribution in [-0.4, -0.2) is 19.6 Å². The first-order valence-electron chi connectivity index (χ1n) is 5.35. The van der Waals surface area contributed by atoms with Crippen LogP contribution in [0.25, 0.3) is 10.1 Å². The van der Waals surface area contributed by atoms with Crippen LogP contribution < -0.4 is 10.6 Å². The van der Waals surface area contributed by atoms with Crippen molar-refractivity contribution >= 4 is 33.8 Å². The maximum absolute atomic E-state index is 3.56. The molecule has 0 aliphatic carbocycles. The average molecular weight is 255 g/mol. The highest BCUT2D eigenvalue weighted by Crippen LogP contribution is 2.30. The van der Waals surface area contributed by atoms with Gasteiger partial charge in [0.15, 0.2) is 0 Å². The average Bonchev–Trinajstić information content (AvgIpc) is 2.74. The Morgan fingerprint density at radius 1 is 1.19 bits per heavy atom. The van der Waals surface area contributed by atoms with E-state index < -0.39 is 0 Å². The third-order valence-electron chi connectivity index (χ3n) is 2.93. The number of fused-ring (bicyclic) bond motifs is 1. The molecule has 0 amide bonds. The Morgan fingerprint density at radius 3 is 2.88 bits per heavy atom. The van der Waals surface area contributed by atoms with Crippen LogP contribution in [0.5, 0.6) is 0 Å². The van der Waals surface area contributed by atoms with Crippen molar-refractivity contribution < 1.29 is 0 Å². The molecule has 0 bridgehead atoms. The Morgan fingerprint density at radius 2 is 2.06 bits per heavy atom. The molecule has 0 unspecified atom stereocenters. The van der Waals surface area contributed by atoms with E-state index in [1.165, 1.54) is 15.6 Å². The highest BCUT2D eigenvalue weighted by atomic mass is 35.5. The van der Waals surface area contributed by atoms with Crippen molar-refractivity contribution in [3.05, 3.63) is 35.2 Å². The molecule has 1 aliphatic rings. The summed E-state index contributed by atoms with van der Waals surface area (Å²) in [5.74, 6) is 0. The van der Waals surface area contributed by atoms with Crippen LogP contribution in [0.2, 0.25) is 0 Å². The van der Waals surface area contributed by atoms with Crippen molar-refractivity contribution in [1.82, 2.24) is 10.6 Å². The van der Waals surface area contributed by atoms with Crippen molar-refractivity contribution in [1.29, 1.82) is 0 Å². The van der Waals surface area contributed by atoms with Crippen molar-refractivity contribution in [3.8, 4) is 0 Å². The third-order valence-corrected chi connectivity index (χ3v) is 3.91. The fourth-order valence-electron chi connectivity index (χ4n) is 2.14. The maximum atomic E-state index is 3.56. The molecular weight excluding hydrogens is 240 g/mol. The first-order chi connectivity index (χ1) is 7.45. The van der Waals surface area contributed by atoms with E-state index in [0.29, 0.717) is 6.04 Å². The molecule has 0 radical (unpaired) electrons. The van der Waals surface area contributed by atoms with Crippen molar-refractivity contribution in [3.63, 3.8) is 0 Å². The number of halogens is 1. The van der Waals surface area contributed by atoms with E-state index in [1.807, 2.05) is 11.3 Å². The number of hydrogen-bond donors (Lipinski definition) is 2. The lowest BCUT2D eigenvalue weighted by Gasteiger charge is -2.24. The van der Waals surface area contributed by atoms with Crippen LogP contribution in [0.4, 0.5) is 0 Å². The second kappa shape index (κ2) is 5.15. The van der Waals surface area contributed by atoms with Crippen LogP contribution in [0, 0.1) is 0 Å². The Kier molecular flexibility index (Phi) is 3.82. The van der Waals surface area contributed by atoms with Crippen LogP contribution >= 0.6 is 23.7 Å². The minimum atomic E-state index is 0. The van der Waals surface area contributed by atoms with Gasteiger partial charge in [-0.3, -0.25) is 0 Å². The summed E-state index contributed by atoms with van der Waals surface area (Å²) < 4.78 is 1.39. The van der Waals surface area contributed by atoms with Gasteiger partial charge in [-0.25, -0.2) is 0 Å². The summed E-state index contributed by atoms with van der Waals surface area (Å²) in [6.07, 6.45) is 0. The van der Waals surface area contributed by atoms with Gasteiger partial charge >= 0.3 is 0 Å². The molecule has 1 fully saturated rings. The molecular formula is C12H15ClN2S. The molecule has 1 aliphatic heterocycles. The van der Waals surface area contributed by atoms with Gasteiger partial charge in [0.2, 0.25) is 0 Å². The van der Waals surface area contributed by atoms with Gasteiger partial charge in [-0.2, -0.15) is 0 Å². The molecule has 1 atom stereocenters. The van der Waals surface area contributed by atoms with Gasteiger partial charge in [0.25, 0.3) is 0 Å². The number of piperazine rings is 1. The standard InChI is InChI=1S/C12H14N2S.ClH/c1-2-4-12-9(3-1)10(8-15-12)11-7-13-5-6-14-11;/h1-4,8,11,13-14H,5-7H2;1H/t11-;/m0./s1. The summed E-state index contributed by atoms with van der Waals surface area (Å²) in [4.78, 5) is 0. The summed E-state index contributed by atoms with van der Waals surface area (Å²) in [5.41, 5.74) is 1.45. The molecule has 0 saturated carbocycles. The van der Waals surface area contributed by atoms with Gasteiger partial charge in [-0.1, -0.05) is 18.2 Å². The Bertz CT molecular complexity index is 463. The number of thiophene rings is 1. The first-order valence-corrected chi connectivity index (χ1v) is 6.23. The summed E-state index contributed by atoms with van der Waals surface area (Å²) in [6.45, 7) is 3.19. The molecule has 2 heterocycles. The molecule has 3 rings (SSSR count). The van der Waals surface area contributed by atoms with Crippen LogP contribution in [-0.2, 0) is 0 Å². The minimum absolute atomic E-state index is 0. The molecule has 1 saturated heterocycles. The lowest BCUT2D eigenvalue weighted by molar-refractivity contribution is 0.433. The van der Waals surface area contributed by atoms with Crippen LogP contribution in [0.1, 0.15) is 11.6 Å². The largest absolute Gasteiger partial charge is 0.314 e. The third kappa shape index (κ3) is 2.09. The lowest BCUT2D eigenvalue weighted by Crippen LogP contribution is -2.42. The number of nitrogens with one attached hydrogen (secondary N) is 2. The normalized spacial score (nSPS) is 20.6. The van der Waals surface area contributed by atoms with Gasteiger partial charge < -0.3 is 10.6 Å². The van der Waals surface area contributed by atoms with Crippen molar-refractivity contribution in [2.45, 2.75) is 6.04 Å². The SMILES string of the molecule is Cl.c1ccc2c([C@@H]3CNCCN3)csc2c1. The van der Waals surface area contributed by atoms with E-state index in [0.717, 1.165) is 19.6 Å². The molecule has 0 spiro atoms.